The Balaban J connectivity index is 1.44. The topological polar surface area (TPSA) is 139 Å². The van der Waals surface area contributed by atoms with Crippen LogP contribution in [-0.4, -0.2) is 60.9 Å². The van der Waals surface area contributed by atoms with Gasteiger partial charge in [0.1, 0.15) is 23.2 Å². The number of nitrogens with one attached hydrogen (secondary N) is 1. The molecule has 0 saturated carbocycles. The van der Waals surface area contributed by atoms with Crippen molar-refractivity contribution in [1.82, 2.24) is 20.4 Å². The number of amides is 2. The van der Waals surface area contributed by atoms with E-state index in [-0.39, 0.29) is 21.5 Å². The Morgan fingerprint density at radius 1 is 1.29 bits per heavy atom. The summed E-state index contributed by atoms with van der Waals surface area (Å²) < 4.78 is 38.2. The zero-order valence-electron chi connectivity index (χ0n) is 17.0. The van der Waals surface area contributed by atoms with Crippen molar-refractivity contribution < 1.29 is 32.7 Å². The van der Waals surface area contributed by atoms with E-state index in [0.717, 1.165) is 16.7 Å². The lowest BCUT2D eigenvalue weighted by Crippen LogP contribution is -2.71. The molecule has 2 aliphatic heterocycles. The van der Waals surface area contributed by atoms with Gasteiger partial charge >= 0.3 is 12.1 Å². The lowest BCUT2D eigenvalue weighted by molar-refractivity contribution is -0.150. The Labute approximate surface area is 203 Å². The number of halogens is 3. The number of carboxylic acid groups (broad SMARTS) is 1. The van der Waals surface area contributed by atoms with Crippen LogP contribution in [0, 0.1) is 0 Å². The largest absolute Gasteiger partial charge is 0.477 e. The standard InChI is InChI=1S/C19H16F3N5O4S3/c20-19(21,22)17-25-26-18(34-17)33-7-9-6-32-15-11(14(29)27(15)12(9)16(30)31)24-13(28)10(23)8-4-2-1-3-5-8/h1-5,10-11,15H,6-7,23H2,(H,24,28)(H,30,31)/t10-,11?,15-/m1/s1. The summed E-state index contributed by atoms with van der Waals surface area (Å²) in [5.74, 6) is -2.27. The van der Waals surface area contributed by atoms with Gasteiger partial charge in [-0.05, 0) is 11.1 Å². The third-order valence-electron chi connectivity index (χ3n) is 5.01. The fourth-order valence-corrected chi connectivity index (χ4v) is 6.58. The molecule has 4 rings (SSSR count). The summed E-state index contributed by atoms with van der Waals surface area (Å²) in [6.45, 7) is 0. The average Bonchev–Trinajstić information content (AvgIpc) is 3.30. The molecule has 15 heteroatoms. The van der Waals surface area contributed by atoms with E-state index in [0.29, 0.717) is 22.5 Å². The lowest BCUT2D eigenvalue weighted by Gasteiger charge is -2.49. The number of carboxylic acids is 1. The first-order chi connectivity index (χ1) is 16.1. The fourth-order valence-electron chi connectivity index (χ4n) is 3.38. The Morgan fingerprint density at radius 3 is 2.62 bits per heavy atom. The number of alkyl halides is 3. The molecule has 1 aromatic carbocycles. The van der Waals surface area contributed by atoms with Crippen molar-refractivity contribution in [3.05, 3.63) is 52.2 Å². The van der Waals surface area contributed by atoms with Crippen molar-refractivity contribution in [3.8, 4) is 0 Å². The molecular weight excluding hydrogens is 515 g/mol. The number of aliphatic carboxylic acids is 1. The van der Waals surface area contributed by atoms with E-state index in [1.165, 1.54) is 11.8 Å². The van der Waals surface area contributed by atoms with Gasteiger partial charge in [0.15, 0.2) is 4.34 Å². The summed E-state index contributed by atoms with van der Waals surface area (Å²) in [6.07, 6.45) is -4.61. The van der Waals surface area contributed by atoms with Crippen LogP contribution < -0.4 is 11.1 Å². The maximum absolute atomic E-state index is 12.7. The lowest BCUT2D eigenvalue weighted by atomic mass is 10.0. The van der Waals surface area contributed by atoms with Crippen LogP contribution in [0.25, 0.3) is 0 Å². The van der Waals surface area contributed by atoms with Crippen LogP contribution in [0.1, 0.15) is 16.6 Å². The molecule has 9 nitrogen and oxygen atoms in total. The Hall–Kier alpha value is -2.62. The number of hydrogen-bond acceptors (Lipinski definition) is 9. The van der Waals surface area contributed by atoms with Gasteiger partial charge < -0.3 is 16.2 Å². The number of nitrogens with zero attached hydrogens (tertiary/aromatic N) is 3. The zero-order chi connectivity index (χ0) is 24.6. The minimum Gasteiger partial charge on any atom is -0.477 e. The molecule has 4 N–H and O–H groups in total. The van der Waals surface area contributed by atoms with Crippen LogP contribution in [0.3, 0.4) is 0 Å². The van der Waals surface area contributed by atoms with Crippen molar-refractivity contribution in [2.24, 2.45) is 5.73 Å². The number of nitrogens with two attached hydrogens (primary N) is 1. The number of rotatable bonds is 7. The molecule has 0 bridgehead atoms. The predicted molar refractivity (Wildman–Crippen MR) is 119 cm³/mol. The average molecular weight is 532 g/mol. The van der Waals surface area contributed by atoms with Gasteiger partial charge in [0.25, 0.3) is 5.91 Å². The first-order valence-electron chi connectivity index (χ1n) is 9.62. The highest BCUT2D eigenvalue weighted by molar-refractivity contribution is 8.01. The van der Waals surface area contributed by atoms with Crippen LogP contribution in [0.4, 0.5) is 13.2 Å². The van der Waals surface area contributed by atoms with E-state index in [2.05, 4.69) is 15.5 Å². The monoisotopic (exact) mass is 531 g/mol. The summed E-state index contributed by atoms with van der Waals surface area (Å²) in [5.41, 5.74) is 6.66. The maximum Gasteiger partial charge on any atom is 0.445 e. The van der Waals surface area contributed by atoms with E-state index in [9.17, 15) is 32.7 Å². The number of carbonyl (C=O) groups is 3. The van der Waals surface area contributed by atoms with Crippen LogP contribution in [0.2, 0.25) is 0 Å². The van der Waals surface area contributed by atoms with Crippen molar-refractivity contribution in [1.29, 1.82) is 0 Å². The van der Waals surface area contributed by atoms with E-state index < -0.39 is 46.4 Å². The van der Waals surface area contributed by atoms with Crippen molar-refractivity contribution in [2.45, 2.75) is 28.0 Å². The quantitative estimate of drug-likeness (QED) is 0.362. The second-order valence-corrected chi connectivity index (χ2v) is 10.5. The molecule has 180 valence electrons. The Morgan fingerprint density at radius 2 is 2.00 bits per heavy atom. The molecule has 2 aliphatic rings. The Bertz CT molecular complexity index is 1160. The molecule has 2 aromatic rings. The number of thioether (sulfide) groups is 2. The van der Waals surface area contributed by atoms with Gasteiger partial charge in [-0.15, -0.1) is 22.0 Å². The Kier molecular flexibility index (Phi) is 6.89. The summed E-state index contributed by atoms with van der Waals surface area (Å²) in [4.78, 5) is 38.3. The molecule has 3 heterocycles. The maximum atomic E-state index is 12.7. The van der Waals surface area contributed by atoms with Gasteiger partial charge in [-0.3, -0.25) is 14.5 Å². The summed E-state index contributed by atoms with van der Waals surface area (Å²) >= 11 is 2.52. The highest BCUT2D eigenvalue weighted by Crippen LogP contribution is 2.42. The van der Waals surface area contributed by atoms with Crippen molar-refractivity contribution >= 4 is 52.6 Å². The van der Waals surface area contributed by atoms with Crippen LogP contribution in [0.15, 0.2) is 45.9 Å². The smallest absolute Gasteiger partial charge is 0.445 e. The number of hydrogen-bond donors (Lipinski definition) is 3. The molecule has 3 atom stereocenters. The second-order valence-electron chi connectivity index (χ2n) is 7.20. The summed E-state index contributed by atoms with van der Waals surface area (Å²) in [7, 11) is 0. The van der Waals surface area contributed by atoms with Crippen molar-refractivity contribution in [2.75, 3.05) is 11.5 Å². The van der Waals surface area contributed by atoms with Gasteiger partial charge in [-0.1, -0.05) is 53.4 Å². The molecule has 34 heavy (non-hydrogen) atoms. The molecule has 1 unspecified atom stereocenters. The molecule has 0 aliphatic carbocycles. The molecule has 0 spiro atoms. The number of benzene rings is 1. The van der Waals surface area contributed by atoms with Gasteiger partial charge in [0.2, 0.25) is 10.9 Å². The number of aromatic nitrogens is 2. The molecular formula is C19H16F3N5O4S3. The zero-order valence-corrected chi connectivity index (χ0v) is 19.4. The minimum atomic E-state index is -4.61. The summed E-state index contributed by atoms with van der Waals surface area (Å²) in [5, 5.41) is 17.2. The SMILES string of the molecule is N[C@@H](C(=O)NC1C(=O)N2C(C(=O)O)=C(CSc3nnc(C(F)(F)F)s3)CS[C@H]12)c1ccccc1. The van der Waals surface area contributed by atoms with E-state index in [1.807, 2.05) is 0 Å². The van der Waals surface area contributed by atoms with Gasteiger partial charge in [-0.25, -0.2) is 4.79 Å². The van der Waals surface area contributed by atoms with Gasteiger partial charge in [0.05, 0.1) is 0 Å². The van der Waals surface area contributed by atoms with Crippen molar-refractivity contribution in [3.63, 3.8) is 0 Å². The van der Waals surface area contributed by atoms with Gasteiger partial charge in [0, 0.05) is 11.5 Å². The molecule has 0 radical (unpaired) electrons. The number of β-lactam (4-membered cyclic amide) rings is 1. The fraction of sp³-hybridized carbons (Fsp3) is 0.316. The van der Waals surface area contributed by atoms with Gasteiger partial charge in [-0.2, -0.15) is 13.2 Å². The normalized spacial score (nSPS) is 21.1. The first kappa shape index (κ1) is 24.5. The summed E-state index contributed by atoms with van der Waals surface area (Å²) in [6, 6.07) is 6.66. The predicted octanol–water partition coefficient (Wildman–Crippen LogP) is 2.09. The van der Waals surface area contributed by atoms with Crippen LogP contribution >= 0.6 is 34.9 Å². The molecule has 1 aromatic heterocycles. The third kappa shape index (κ3) is 4.78. The van der Waals surface area contributed by atoms with E-state index >= 15 is 0 Å². The first-order valence-corrected chi connectivity index (χ1v) is 12.5. The molecule has 1 saturated heterocycles. The van der Waals surface area contributed by atoms with Crippen LogP contribution in [0.5, 0.6) is 0 Å². The van der Waals surface area contributed by atoms with E-state index in [4.69, 9.17) is 5.73 Å². The number of fused-ring (bicyclic) bond motifs is 1. The molecule has 1 fully saturated rings. The second kappa shape index (κ2) is 9.56. The van der Waals surface area contributed by atoms with Crippen LogP contribution in [-0.2, 0) is 20.6 Å². The third-order valence-corrected chi connectivity index (χ3v) is 8.53. The number of carbonyl (C=O) groups excluding carboxylic acids is 2. The highest BCUT2D eigenvalue weighted by Gasteiger charge is 2.54. The molecule has 2 amide bonds. The highest BCUT2D eigenvalue weighted by atomic mass is 32.2. The minimum absolute atomic E-state index is 0.0214. The van der Waals surface area contributed by atoms with E-state index in [1.54, 1.807) is 30.3 Å².